The number of alkyl halides is 6. The number of carboxylic acid groups (broad SMARTS) is 1. The van der Waals surface area contributed by atoms with Crippen LogP contribution >= 0.6 is 0 Å². The van der Waals surface area contributed by atoms with Gasteiger partial charge in [-0.25, -0.2) is 4.79 Å². The highest BCUT2D eigenvalue weighted by molar-refractivity contribution is 5.78. The van der Waals surface area contributed by atoms with Gasteiger partial charge in [0.15, 0.2) is 0 Å². The molecule has 0 spiro atoms. The molecule has 206 valence electrons. The lowest BCUT2D eigenvalue weighted by Crippen LogP contribution is -2.63. The minimum atomic E-state index is -5.08. The van der Waals surface area contributed by atoms with E-state index in [-0.39, 0.29) is 17.5 Å². The number of pyridine rings is 1. The second-order valence-electron chi connectivity index (χ2n) is 9.77. The Labute approximate surface area is 210 Å². The van der Waals surface area contributed by atoms with Crippen molar-refractivity contribution in [3.63, 3.8) is 0 Å². The summed E-state index contributed by atoms with van der Waals surface area (Å²) in [6.45, 7) is 4.86. The van der Waals surface area contributed by atoms with Gasteiger partial charge in [0.1, 0.15) is 0 Å². The van der Waals surface area contributed by atoms with E-state index in [0.29, 0.717) is 30.8 Å². The van der Waals surface area contributed by atoms with E-state index >= 15 is 0 Å². The summed E-state index contributed by atoms with van der Waals surface area (Å²) < 4.78 is 82.1. The Morgan fingerprint density at radius 3 is 2.19 bits per heavy atom. The Kier molecular flexibility index (Phi) is 7.90. The number of allylic oxidation sites excluding steroid dienone is 1. The van der Waals surface area contributed by atoms with E-state index in [4.69, 9.17) is 20.4 Å². The van der Waals surface area contributed by atoms with Gasteiger partial charge < -0.3 is 25.4 Å². The van der Waals surface area contributed by atoms with Crippen molar-refractivity contribution in [2.45, 2.75) is 62.8 Å². The molecule has 1 aromatic heterocycles. The molecule has 1 saturated heterocycles. The first kappa shape index (κ1) is 28.8. The van der Waals surface area contributed by atoms with Gasteiger partial charge in [0.25, 0.3) is 5.72 Å². The van der Waals surface area contributed by atoms with Crippen LogP contribution in [0, 0.1) is 5.92 Å². The summed E-state index contributed by atoms with van der Waals surface area (Å²) in [5.41, 5.74) is 4.33. The van der Waals surface area contributed by atoms with Crippen LogP contribution in [0.3, 0.4) is 0 Å². The third kappa shape index (κ3) is 5.87. The molecule has 37 heavy (non-hydrogen) atoms. The maximum atomic E-state index is 14.9. The highest BCUT2D eigenvalue weighted by atomic mass is 19.4. The lowest BCUT2D eigenvalue weighted by molar-refractivity contribution is -0.295. The maximum absolute atomic E-state index is 14.9. The van der Waals surface area contributed by atoms with Crippen molar-refractivity contribution in [2.75, 3.05) is 20.2 Å². The molecule has 0 bridgehead atoms. The van der Waals surface area contributed by atoms with Gasteiger partial charge in [0, 0.05) is 61.6 Å². The van der Waals surface area contributed by atoms with Crippen molar-refractivity contribution < 1.29 is 41.0 Å². The van der Waals surface area contributed by atoms with Crippen LogP contribution < -0.4 is 5.73 Å². The van der Waals surface area contributed by atoms with Gasteiger partial charge >= 0.3 is 18.3 Å². The van der Waals surface area contributed by atoms with Crippen LogP contribution in [0.5, 0.6) is 0 Å². The summed E-state index contributed by atoms with van der Waals surface area (Å²) in [5, 5.41) is 7.12. The summed E-state index contributed by atoms with van der Waals surface area (Å²) in [4.78, 5) is 16.2. The number of aromatic nitrogens is 1. The van der Waals surface area contributed by atoms with Crippen LogP contribution in [-0.2, 0) is 9.53 Å². The molecule has 4 rings (SSSR count). The van der Waals surface area contributed by atoms with Crippen LogP contribution in [0.2, 0.25) is 0 Å². The second-order valence-corrected chi connectivity index (χ2v) is 9.77. The first-order chi connectivity index (χ1) is 17.0. The number of carbonyl (C=O) groups is 1. The van der Waals surface area contributed by atoms with Crippen molar-refractivity contribution in [2.24, 2.45) is 11.7 Å². The summed E-state index contributed by atoms with van der Waals surface area (Å²) >= 11 is 0. The van der Waals surface area contributed by atoms with E-state index in [9.17, 15) is 26.3 Å². The topological polar surface area (TPSA) is 91.9 Å². The normalized spacial score (nSPS) is 27.2. The van der Waals surface area contributed by atoms with Gasteiger partial charge in [-0.15, -0.1) is 0 Å². The van der Waals surface area contributed by atoms with E-state index in [1.54, 1.807) is 24.4 Å². The number of aliphatic carboxylic acids is 1. The number of hydrogen-bond acceptors (Lipinski definition) is 6. The molecule has 0 radical (unpaired) electrons. The average molecular weight is 537 g/mol. The smallest absolute Gasteiger partial charge is 0.475 e. The molecular weight excluding hydrogens is 506 g/mol. The van der Waals surface area contributed by atoms with Gasteiger partial charge in [0.2, 0.25) is 0 Å². The largest absolute Gasteiger partial charge is 0.490 e. The summed E-state index contributed by atoms with van der Waals surface area (Å²) in [5.74, 6) is -2.53. The number of rotatable bonds is 5. The second kappa shape index (κ2) is 10.2. The van der Waals surface area contributed by atoms with Crippen LogP contribution in [0.15, 0.2) is 42.5 Å². The molecule has 2 aliphatic heterocycles. The zero-order valence-corrected chi connectivity index (χ0v) is 20.6. The highest BCUT2D eigenvalue weighted by Gasteiger charge is 2.65. The zero-order valence-electron chi connectivity index (χ0n) is 20.6. The Bertz CT molecular complexity index is 1040. The number of carboxylic acids is 1. The predicted molar refractivity (Wildman–Crippen MR) is 123 cm³/mol. The summed E-state index contributed by atoms with van der Waals surface area (Å²) in [6.07, 6.45) is -0.788. The predicted octanol–water partition coefficient (Wildman–Crippen LogP) is 4.38. The van der Waals surface area contributed by atoms with Gasteiger partial charge in [-0.3, -0.25) is 4.98 Å². The molecule has 1 saturated carbocycles. The first-order valence-corrected chi connectivity index (χ1v) is 11.6. The molecule has 0 aromatic carbocycles. The van der Waals surface area contributed by atoms with Crippen LogP contribution in [0.25, 0.3) is 5.57 Å². The van der Waals surface area contributed by atoms with Gasteiger partial charge in [-0.2, -0.15) is 26.3 Å². The zero-order chi connectivity index (χ0) is 27.8. The highest BCUT2D eigenvalue weighted by Crippen LogP contribution is 2.53. The number of hydrogen-bond donors (Lipinski definition) is 2. The Morgan fingerprint density at radius 1 is 1.22 bits per heavy atom. The molecule has 1 aliphatic carbocycles. The number of halogens is 6. The monoisotopic (exact) mass is 536 g/mol. The van der Waals surface area contributed by atoms with Crippen molar-refractivity contribution >= 4 is 11.5 Å². The van der Waals surface area contributed by atoms with E-state index in [1.165, 1.54) is 17.3 Å². The molecule has 13 heteroatoms. The average Bonchev–Trinajstić information content (AvgIpc) is 3.59. The number of nitrogens with two attached hydrogens (primary N) is 1. The van der Waals surface area contributed by atoms with Crippen LogP contribution in [0.4, 0.5) is 26.3 Å². The number of ether oxygens (including phenoxy) is 1. The van der Waals surface area contributed by atoms with Crippen LogP contribution in [0.1, 0.15) is 38.7 Å². The van der Waals surface area contributed by atoms with Crippen molar-refractivity contribution in [3.05, 3.63) is 48.1 Å². The number of likely N-dealkylation sites (tertiary alicyclic amines) is 1. The van der Waals surface area contributed by atoms with Gasteiger partial charge in [0.05, 0.1) is 0 Å². The van der Waals surface area contributed by atoms with Crippen molar-refractivity contribution in [3.8, 4) is 0 Å². The fourth-order valence-corrected chi connectivity index (χ4v) is 4.80. The van der Waals surface area contributed by atoms with E-state index in [0.717, 1.165) is 20.0 Å². The standard InChI is InChI=1S/C22H29F3N4O.C2HF3O2/c1-15(16-4-5-16)29-12-8-18(28-13-9-20(2,26)14-28)19(17-6-10-27-11-7-17)21(29,30-3)22(23,24)25;3-2(4,5)1(6)7/h6-8,10-12,15-16H,4-5,9,13-14,26H2,1-3H3;(H,6,7)/t15-,20-,21?;/m0./s1. The molecule has 3 N–H and O–H groups in total. The molecule has 0 amide bonds. The lowest BCUT2D eigenvalue weighted by atomic mass is 9.87. The molecule has 7 nitrogen and oxygen atoms in total. The first-order valence-electron chi connectivity index (χ1n) is 11.6. The third-order valence-corrected chi connectivity index (χ3v) is 6.83. The molecule has 3 heterocycles. The quantitative estimate of drug-likeness (QED) is 0.540. The third-order valence-electron chi connectivity index (χ3n) is 6.83. The fourth-order valence-electron chi connectivity index (χ4n) is 4.80. The van der Waals surface area contributed by atoms with Crippen molar-refractivity contribution in [1.29, 1.82) is 0 Å². The lowest BCUT2D eigenvalue weighted by Gasteiger charge is -2.50. The molecular formula is C24H30F6N4O3. The van der Waals surface area contributed by atoms with E-state index in [1.807, 2.05) is 18.7 Å². The number of nitrogens with zero attached hydrogens (tertiary/aromatic N) is 3. The fraction of sp³-hybridized carbons (Fsp3) is 0.583. The minimum absolute atomic E-state index is 0.104. The van der Waals surface area contributed by atoms with Gasteiger partial charge in [-0.05, 0) is 62.8 Å². The number of methoxy groups -OCH3 is 1. The minimum Gasteiger partial charge on any atom is -0.475 e. The molecule has 2 fully saturated rings. The SMILES string of the molecule is COC1(C(F)(F)F)C(c2ccncc2)=C(N2CC[C@](C)(N)C2)C=CN1[C@@H](C)C1CC1.O=C(O)C(F)(F)F. The molecule has 1 aromatic rings. The van der Waals surface area contributed by atoms with Crippen molar-refractivity contribution in [1.82, 2.24) is 14.8 Å². The Morgan fingerprint density at radius 2 is 1.78 bits per heavy atom. The van der Waals surface area contributed by atoms with Gasteiger partial charge in [-0.1, -0.05) is 0 Å². The molecule has 3 aliphatic rings. The molecule has 3 atom stereocenters. The van der Waals surface area contributed by atoms with E-state index in [2.05, 4.69) is 4.98 Å². The van der Waals surface area contributed by atoms with E-state index < -0.39 is 29.6 Å². The Balaban J connectivity index is 0.000000479. The van der Waals surface area contributed by atoms with Crippen LogP contribution in [-0.4, -0.2) is 75.7 Å². The summed E-state index contributed by atoms with van der Waals surface area (Å²) in [7, 11) is 1.15. The maximum Gasteiger partial charge on any atom is 0.490 e. The summed E-state index contributed by atoms with van der Waals surface area (Å²) in [6, 6.07) is 2.93. The molecule has 1 unspecified atom stereocenters. The Hall–Kier alpha value is -2.80.